The Hall–Kier alpha value is -1.94. The molecule has 0 aliphatic carbocycles. The number of carbonyl (C=O) groups is 1. The topological polar surface area (TPSA) is 70.3 Å². The van der Waals surface area contributed by atoms with E-state index in [9.17, 15) is 9.00 Å². The molecule has 4 nitrogen and oxygen atoms in total. The summed E-state index contributed by atoms with van der Waals surface area (Å²) in [5.74, 6) is -0.483. The lowest BCUT2D eigenvalue weighted by Crippen LogP contribution is -2.02. The number of allylic oxidation sites excluding steroid dienone is 1. The molecule has 2 rings (SSSR count). The maximum atomic E-state index is 12.4. The van der Waals surface area contributed by atoms with Crippen molar-refractivity contribution in [2.75, 3.05) is 6.26 Å². The minimum atomic E-state index is -2.66. The van der Waals surface area contributed by atoms with Crippen LogP contribution in [0.1, 0.15) is 10.4 Å². The summed E-state index contributed by atoms with van der Waals surface area (Å²) in [6, 6.07) is 9.68. The first-order chi connectivity index (χ1) is 10.4. The van der Waals surface area contributed by atoms with E-state index < -0.39 is 15.5 Å². The number of nitriles is 1. The fraction of sp³-hybridized carbons (Fsp3) is 0.0667. The second-order valence-corrected chi connectivity index (χ2v) is 7.86. The lowest BCUT2D eigenvalue weighted by molar-refractivity contribution is 0.103. The van der Waals surface area contributed by atoms with Gasteiger partial charge in [-0.1, -0.05) is 11.6 Å². The third kappa shape index (κ3) is 3.83. The first-order valence-corrected chi connectivity index (χ1v) is 9.32. The highest BCUT2D eigenvalue weighted by Crippen LogP contribution is 2.17. The standard InChI is InChI=1S/C15H11ClN2O2S2/c1-22(20,14-6-7-21-10-14)18-9-12(8-17)15(19)11-2-4-13(16)5-3-11/h2-7,9-10H,1H3/b12-9+/t22-/m0/s1. The predicted molar refractivity (Wildman–Crippen MR) is 88.6 cm³/mol. The molecule has 112 valence electrons. The number of Topliss-reactive ketones (excluding diaryl/α,β-unsaturated/α-hetero) is 1. The molecule has 1 atom stereocenters. The minimum absolute atomic E-state index is 0.174. The lowest BCUT2D eigenvalue weighted by atomic mass is 10.1. The van der Waals surface area contributed by atoms with E-state index in [-0.39, 0.29) is 5.57 Å². The van der Waals surface area contributed by atoms with Crippen LogP contribution in [0.4, 0.5) is 0 Å². The Kier molecular flexibility index (Phi) is 5.14. The summed E-state index contributed by atoms with van der Waals surface area (Å²) >= 11 is 7.17. The Morgan fingerprint density at radius 3 is 2.59 bits per heavy atom. The van der Waals surface area contributed by atoms with Crippen molar-refractivity contribution in [3.63, 3.8) is 0 Å². The quantitative estimate of drug-likeness (QED) is 0.472. The number of hydrogen-bond donors (Lipinski definition) is 0. The lowest BCUT2D eigenvalue weighted by Gasteiger charge is -2.00. The summed E-state index contributed by atoms with van der Waals surface area (Å²) in [7, 11) is -2.66. The molecule has 0 saturated heterocycles. The molecule has 2 aromatic rings. The molecule has 0 amide bonds. The molecule has 0 saturated carbocycles. The molecule has 0 spiro atoms. The normalized spacial score (nSPS) is 14.0. The summed E-state index contributed by atoms with van der Waals surface area (Å²) in [6.45, 7) is 0. The van der Waals surface area contributed by atoms with Crippen molar-refractivity contribution in [3.05, 3.63) is 63.5 Å². The maximum Gasteiger partial charge on any atom is 0.205 e. The van der Waals surface area contributed by atoms with E-state index in [1.165, 1.54) is 29.7 Å². The Balaban J connectivity index is 2.36. The van der Waals surface area contributed by atoms with Gasteiger partial charge in [-0.15, -0.1) is 0 Å². The van der Waals surface area contributed by atoms with E-state index in [1.54, 1.807) is 35.0 Å². The minimum Gasteiger partial charge on any atom is -0.288 e. The zero-order valence-electron chi connectivity index (χ0n) is 11.5. The van der Waals surface area contributed by atoms with Crippen LogP contribution in [0, 0.1) is 11.3 Å². The summed E-state index contributed by atoms with van der Waals surface area (Å²) in [5.41, 5.74) is 0.151. The van der Waals surface area contributed by atoms with Crippen molar-refractivity contribution in [1.82, 2.24) is 0 Å². The molecule has 1 heterocycles. The molecule has 1 aromatic heterocycles. The van der Waals surface area contributed by atoms with Gasteiger partial charge in [-0.2, -0.15) is 16.6 Å². The number of thiophene rings is 1. The van der Waals surface area contributed by atoms with Gasteiger partial charge in [-0.3, -0.25) is 4.79 Å². The summed E-state index contributed by atoms with van der Waals surface area (Å²) < 4.78 is 16.4. The number of hydrogen-bond acceptors (Lipinski definition) is 5. The van der Waals surface area contributed by atoms with E-state index >= 15 is 0 Å². The number of halogens is 1. The molecule has 0 aliphatic heterocycles. The number of carbonyl (C=O) groups excluding carboxylic acids is 1. The van der Waals surface area contributed by atoms with Gasteiger partial charge in [0.15, 0.2) is 0 Å². The third-order valence-electron chi connectivity index (χ3n) is 2.79. The molecule has 0 bridgehead atoms. The SMILES string of the molecule is C[S@@](=O)(=N/C=C(\C#N)C(=O)c1ccc(Cl)cc1)c1ccsc1. The van der Waals surface area contributed by atoms with Crippen LogP contribution in [0.2, 0.25) is 5.02 Å². The van der Waals surface area contributed by atoms with E-state index in [0.717, 1.165) is 6.20 Å². The smallest absolute Gasteiger partial charge is 0.205 e. The van der Waals surface area contributed by atoms with Gasteiger partial charge in [0.25, 0.3) is 0 Å². The number of benzene rings is 1. The van der Waals surface area contributed by atoms with Crippen LogP contribution in [0.15, 0.2) is 62.1 Å². The van der Waals surface area contributed by atoms with E-state index in [0.29, 0.717) is 15.5 Å². The Morgan fingerprint density at radius 1 is 1.36 bits per heavy atom. The largest absolute Gasteiger partial charge is 0.288 e. The van der Waals surface area contributed by atoms with Crippen LogP contribution in [0.25, 0.3) is 0 Å². The van der Waals surface area contributed by atoms with Gasteiger partial charge in [0.1, 0.15) is 11.6 Å². The Morgan fingerprint density at radius 2 is 2.05 bits per heavy atom. The van der Waals surface area contributed by atoms with Crippen molar-refractivity contribution in [2.45, 2.75) is 4.90 Å². The monoisotopic (exact) mass is 350 g/mol. The van der Waals surface area contributed by atoms with E-state index in [2.05, 4.69) is 4.36 Å². The molecule has 0 fully saturated rings. The highest BCUT2D eigenvalue weighted by molar-refractivity contribution is 7.93. The third-order valence-corrected chi connectivity index (χ3v) is 5.51. The number of nitrogens with zero attached hydrogens (tertiary/aromatic N) is 2. The molecular formula is C15H11ClN2O2S2. The Bertz CT molecular complexity index is 869. The molecule has 0 unspecified atom stereocenters. The van der Waals surface area contributed by atoms with Crippen molar-refractivity contribution < 1.29 is 9.00 Å². The maximum absolute atomic E-state index is 12.4. The second-order valence-electron chi connectivity index (χ2n) is 4.36. The fourth-order valence-electron chi connectivity index (χ4n) is 1.58. The summed E-state index contributed by atoms with van der Waals surface area (Å²) in [6.07, 6.45) is 2.55. The predicted octanol–water partition coefficient (Wildman–Crippen LogP) is 4.15. The molecule has 0 N–H and O–H groups in total. The van der Waals surface area contributed by atoms with Crippen molar-refractivity contribution in [3.8, 4) is 6.07 Å². The summed E-state index contributed by atoms with van der Waals surface area (Å²) in [5, 5.41) is 13.1. The number of rotatable bonds is 4. The van der Waals surface area contributed by atoms with Gasteiger partial charge < -0.3 is 0 Å². The molecule has 0 radical (unpaired) electrons. The van der Waals surface area contributed by atoms with Crippen LogP contribution in [-0.2, 0) is 9.73 Å². The fourth-order valence-corrected chi connectivity index (χ4v) is 3.93. The second kappa shape index (κ2) is 6.88. The number of ketones is 1. The highest BCUT2D eigenvalue weighted by Gasteiger charge is 2.12. The molecule has 0 aliphatic rings. The average molecular weight is 351 g/mol. The van der Waals surface area contributed by atoms with Gasteiger partial charge in [-0.25, -0.2) is 8.57 Å². The summed E-state index contributed by atoms with van der Waals surface area (Å²) in [4.78, 5) is 12.8. The van der Waals surface area contributed by atoms with Gasteiger partial charge in [-0.05, 0) is 35.7 Å². The zero-order chi connectivity index (χ0) is 16.2. The van der Waals surface area contributed by atoms with Crippen LogP contribution >= 0.6 is 22.9 Å². The van der Waals surface area contributed by atoms with Gasteiger partial charge in [0.2, 0.25) is 5.78 Å². The molecular weight excluding hydrogens is 340 g/mol. The van der Waals surface area contributed by atoms with Crippen molar-refractivity contribution >= 4 is 38.4 Å². The van der Waals surface area contributed by atoms with Gasteiger partial charge in [0.05, 0.1) is 20.8 Å². The molecule has 7 heteroatoms. The van der Waals surface area contributed by atoms with Crippen molar-refractivity contribution in [2.24, 2.45) is 4.36 Å². The Labute approximate surface area is 137 Å². The van der Waals surface area contributed by atoms with E-state index in [1.807, 2.05) is 0 Å². The molecule has 1 aromatic carbocycles. The first kappa shape index (κ1) is 16.4. The molecule has 22 heavy (non-hydrogen) atoms. The highest BCUT2D eigenvalue weighted by atomic mass is 35.5. The van der Waals surface area contributed by atoms with Crippen LogP contribution in [0.5, 0.6) is 0 Å². The van der Waals surface area contributed by atoms with Crippen LogP contribution in [-0.4, -0.2) is 16.2 Å². The first-order valence-electron chi connectivity index (χ1n) is 6.08. The average Bonchev–Trinajstić information content (AvgIpc) is 3.03. The van der Waals surface area contributed by atoms with Crippen LogP contribution in [0.3, 0.4) is 0 Å². The van der Waals surface area contributed by atoms with Crippen molar-refractivity contribution in [1.29, 1.82) is 5.26 Å². The zero-order valence-corrected chi connectivity index (χ0v) is 13.9. The van der Waals surface area contributed by atoms with Gasteiger partial charge >= 0.3 is 0 Å². The van der Waals surface area contributed by atoms with E-state index in [4.69, 9.17) is 16.9 Å². The van der Waals surface area contributed by atoms with Crippen LogP contribution < -0.4 is 0 Å². The van der Waals surface area contributed by atoms with Gasteiger partial charge in [0, 0.05) is 22.2 Å².